The predicted molar refractivity (Wildman–Crippen MR) is 118 cm³/mol. The largest absolute Gasteiger partial charge is 0.417 e. The number of anilines is 1. The van der Waals surface area contributed by atoms with Gasteiger partial charge in [-0.1, -0.05) is 49.6 Å². The monoisotopic (exact) mass is 445 g/mol. The fourth-order valence-electron chi connectivity index (χ4n) is 4.96. The summed E-state index contributed by atoms with van der Waals surface area (Å²) in [5, 5.41) is 3.22. The molecule has 2 heterocycles. The molecule has 2 atom stereocenters. The molecule has 4 nitrogen and oxygen atoms in total. The van der Waals surface area contributed by atoms with Crippen LogP contribution < -0.4 is 10.2 Å². The first-order chi connectivity index (χ1) is 15.4. The maximum Gasteiger partial charge on any atom is 0.417 e. The summed E-state index contributed by atoms with van der Waals surface area (Å²) < 4.78 is 38.9. The summed E-state index contributed by atoms with van der Waals surface area (Å²) in [7, 11) is 0. The summed E-state index contributed by atoms with van der Waals surface area (Å²) in [5.74, 6) is 0.738. The van der Waals surface area contributed by atoms with Gasteiger partial charge in [-0.05, 0) is 55.7 Å². The van der Waals surface area contributed by atoms with E-state index in [1.165, 1.54) is 18.1 Å². The highest BCUT2D eigenvalue weighted by Gasteiger charge is 2.36. The van der Waals surface area contributed by atoms with E-state index in [2.05, 4.69) is 22.4 Å². The highest BCUT2D eigenvalue weighted by molar-refractivity contribution is 5.85. The molecule has 0 unspecified atom stereocenters. The van der Waals surface area contributed by atoms with Gasteiger partial charge in [0.25, 0.3) is 0 Å². The molecule has 4 rings (SSSR count). The van der Waals surface area contributed by atoms with Crippen LogP contribution in [0, 0.1) is 5.92 Å². The molecule has 1 aliphatic carbocycles. The van der Waals surface area contributed by atoms with Crippen molar-refractivity contribution in [3.63, 3.8) is 0 Å². The first kappa shape index (κ1) is 22.6. The Balaban J connectivity index is 1.51. The maximum atomic E-state index is 13.3. The second-order valence-electron chi connectivity index (χ2n) is 9.04. The van der Waals surface area contributed by atoms with Crippen molar-refractivity contribution in [2.75, 3.05) is 11.4 Å². The average molecular weight is 446 g/mol. The van der Waals surface area contributed by atoms with Crippen molar-refractivity contribution >= 4 is 11.7 Å². The summed E-state index contributed by atoms with van der Waals surface area (Å²) in [6, 6.07) is 12.4. The lowest BCUT2D eigenvalue weighted by Crippen LogP contribution is -2.54. The smallest absolute Gasteiger partial charge is 0.352 e. The molecular weight excluding hydrogens is 415 g/mol. The lowest BCUT2D eigenvalue weighted by Gasteiger charge is -2.40. The molecule has 0 radical (unpaired) electrons. The summed E-state index contributed by atoms with van der Waals surface area (Å²) in [5.41, 5.74) is 0.466. The van der Waals surface area contributed by atoms with Crippen LogP contribution in [0.5, 0.6) is 0 Å². The predicted octanol–water partition coefficient (Wildman–Crippen LogP) is 5.38. The Labute approximate surface area is 187 Å². The number of benzene rings is 1. The van der Waals surface area contributed by atoms with Crippen molar-refractivity contribution in [1.82, 2.24) is 10.3 Å². The number of hydrogen-bond acceptors (Lipinski definition) is 3. The van der Waals surface area contributed by atoms with Gasteiger partial charge in [-0.3, -0.25) is 4.79 Å². The maximum absolute atomic E-state index is 13.3. The molecule has 1 amide bonds. The number of rotatable bonds is 5. The number of aromatic nitrogens is 1. The standard InChI is InChI=1S/C25H30F3N3O/c26-25(27,28)20-11-12-23(29-17-20)31-14-13-19(15-18-7-3-1-4-8-18)16-22(31)24(32)30-21-9-5-2-6-10-21/h1,3-4,7-8,11-12,17,19,21-22H,2,5-6,9-10,13-16H2,(H,30,32)/t19-,22+/m1/s1. The van der Waals surface area contributed by atoms with Crippen LogP contribution in [0.3, 0.4) is 0 Å². The second kappa shape index (κ2) is 9.92. The van der Waals surface area contributed by atoms with E-state index in [0.717, 1.165) is 50.8 Å². The zero-order valence-corrected chi connectivity index (χ0v) is 18.2. The Hall–Kier alpha value is -2.57. The number of hydrogen-bond donors (Lipinski definition) is 1. The fraction of sp³-hybridized carbons (Fsp3) is 0.520. The summed E-state index contributed by atoms with van der Waals surface area (Å²) in [4.78, 5) is 19.3. The molecule has 172 valence electrons. The van der Waals surface area contributed by atoms with Crippen molar-refractivity contribution in [3.8, 4) is 0 Å². The zero-order chi connectivity index (χ0) is 22.6. The average Bonchev–Trinajstić information content (AvgIpc) is 2.80. The first-order valence-corrected chi connectivity index (χ1v) is 11.5. The lowest BCUT2D eigenvalue weighted by molar-refractivity contribution is -0.137. The van der Waals surface area contributed by atoms with Crippen molar-refractivity contribution in [2.45, 2.75) is 69.6 Å². The van der Waals surface area contributed by atoms with E-state index in [1.54, 1.807) is 0 Å². The molecule has 1 saturated heterocycles. The Kier molecular flexibility index (Phi) is 7.01. The number of halogens is 3. The normalized spacial score (nSPS) is 22.5. The van der Waals surface area contributed by atoms with E-state index in [0.29, 0.717) is 24.7 Å². The summed E-state index contributed by atoms with van der Waals surface area (Å²) in [6.45, 7) is 0.596. The first-order valence-electron chi connectivity index (χ1n) is 11.5. The topological polar surface area (TPSA) is 45.2 Å². The van der Waals surface area contributed by atoms with Crippen molar-refractivity contribution in [2.24, 2.45) is 5.92 Å². The Morgan fingerprint density at radius 2 is 1.78 bits per heavy atom. The summed E-state index contributed by atoms with van der Waals surface area (Å²) in [6.07, 6.45) is 4.29. The molecule has 2 aromatic rings. The third-order valence-corrected chi connectivity index (χ3v) is 6.70. The Morgan fingerprint density at radius 1 is 1.03 bits per heavy atom. The van der Waals surface area contributed by atoms with Gasteiger partial charge >= 0.3 is 6.18 Å². The second-order valence-corrected chi connectivity index (χ2v) is 9.04. The van der Waals surface area contributed by atoms with E-state index in [1.807, 2.05) is 23.1 Å². The van der Waals surface area contributed by atoms with Gasteiger partial charge < -0.3 is 10.2 Å². The van der Waals surface area contributed by atoms with Crippen LogP contribution in [0.15, 0.2) is 48.7 Å². The molecule has 0 spiro atoms. The van der Waals surface area contributed by atoms with Crippen LogP contribution in [0.1, 0.15) is 56.1 Å². The molecule has 7 heteroatoms. The number of nitrogens with zero attached hydrogens (tertiary/aromatic N) is 2. The summed E-state index contributed by atoms with van der Waals surface area (Å²) >= 11 is 0. The molecular formula is C25H30F3N3O. The van der Waals surface area contributed by atoms with Gasteiger partial charge in [0, 0.05) is 18.8 Å². The number of carbonyl (C=O) groups excluding carboxylic acids is 1. The molecule has 32 heavy (non-hydrogen) atoms. The molecule has 2 fully saturated rings. The molecule has 1 saturated carbocycles. The highest BCUT2D eigenvalue weighted by atomic mass is 19.4. The molecule has 1 aromatic carbocycles. The molecule has 0 bridgehead atoms. The van der Waals surface area contributed by atoms with Gasteiger partial charge in [0.05, 0.1) is 5.56 Å². The van der Waals surface area contributed by atoms with Gasteiger partial charge in [-0.25, -0.2) is 4.98 Å². The minimum Gasteiger partial charge on any atom is -0.352 e. The van der Waals surface area contributed by atoms with Gasteiger partial charge in [-0.2, -0.15) is 13.2 Å². The van der Waals surface area contributed by atoms with E-state index < -0.39 is 17.8 Å². The fourth-order valence-corrected chi connectivity index (χ4v) is 4.96. The molecule has 1 aliphatic heterocycles. The van der Waals surface area contributed by atoms with Crippen molar-refractivity contribution < 1.29 is 18.0 Å². The van der Waals surface area contributed by atoms with Crippen LogP contribution in [-0.4, -0.2) is 29.5 Å². The minimum absolute atomic E-state index is 0.0311. The number of alkyl halides is 3. The van der Waals surface area contributed by atoms with Crippen LogP contribution in [-0.2, 0) is 17.4 Å². The van der Waals surface area contributed by atoms with Crippen LogP contribution in [0.4, 0.5) is 19.0 Å². The number of carbonyl (C=O) groups is 1. The minimum atomic E-state index is -4.42. The third kappa shape index (κ3) is 5.61. The Bertz CT molecular complexity index is 880. The van der Waals surface area contributed by atoms with E-state index in [9.17, 15) is 18.0 Å². The van der Waals surface area contributed by atoms with Crippen LogP contribution in [0.25, 0.3) is 0 Å². The van der Waals surface area contributed by atoms with E-state index >= 15 is 0 Å². The van der Waals surface area contributed by atoms with Crippen LogP contribution in [0.2, 0.25) is 0 Å². The van der Waals surface area contributed by atoms with Gasteiger partial charge in [0.1, 0.15) is 11.9 Å². The molecule has 1 N–H and O–H groups in total. The van der Waals surface area contributed by atoms with Crippen molar-refractivity contribution in [3.05, 3.63) is 59.8 Å². The van der Waals surface area contributed by atoms with Gasteiger partial charge in [0.2, 0.25) is 5.91 Å². The number of nitrogens with one attached hydrogen (secondary N) is 1. The van der Waals surface area contributed by atoms with Gasteiger partial charge in [-0.15, -0.1) is 0 Å². The number of amides is 1. The van der Waals surface area contributed by atoms with Crippen molar-refractivity contribution in [1.29, 1.82) is 0 Å². The number of piperidine rings is 1. The van der Waals surface area contributed by atoms with Crippen LogP contribution >= 0.6 is 0 Å². The SMILES string of the molecule is O=C(NC1CCCCC1)[C@@H]1C[C@@H](Cc2ccccc2)CCN1c1ccc(C(F)(F)F)cn1. The molecule has 1 aromatic heterocycles. The van der Waals surface area contributed by atoms with E-state index in [4.69, 9.17) is 0 Å². The molecule has 2 aliphatic rings. The third-order valence-electron chi connectivity index (χ3n) is 6.70. The highest BCUT2D eigenvalue weighted by Crippen LogP contribution is 2.33. The Morgan fingerprint density at radius 3 is 2.44 bits per heavy atom. The number of pyridine rings is 1. The zero-order valence-electron chi connectivity index (χ0n) is 18.2. The quantitative estimate of drug-likeness (QED) is 0.672. The van der Waals surface area contributed by atoms with E-state index in [-0.39, 0.29) is 11.9 Å². The van der Waals surface area contributed by atoms with Gasteiger partial charge in [0.15, 0.2) is 0 Å². The lowest BCUT2D eigenvalue weighted by atomic mass is 9.85.